The van der Waals surface area contributed by atoms with E-state index in [2.05, 4.69) is 4.98 Å². The minimum absolute atomic E-state index is 0.0322. The van der Waals surface area contributed by atoms with Gasteiger partial charge in [0.25, 0.3) is 0 Å². The van der Waals surface area contributed by atoms with E-state index in [9.17, 15) is 14.0 Å². The first-order valence-corrected chi connectivity index (χ1v) is 7.84. The molecule has 122 valence electrons. The van der Waals surface area contributed by atoms with Gasteiger partial charge in [-0.25, -0.2) is 14.2 Å². The first-order chi connectivity index (χ1) is 10.9. The standard InChI is InChI=1S/C15H13Cl2FN2O3/c1-3-23-15(22)7-5-20(9-4-8(9)18)12-10(13(7)21)6(2)19-14(17)11(12)16/h5,8-9H,3-4H2,1-2H3/t8-,9+/m0/s1. The number of hydrogen-bond acceptors (Lipinski definition) is 4. The van der Waals surface area contributed by atoms with E-state index in [4.69, 9.17) is 27.9 Å². The van der Waals surface area contributed by atoms with Gasteiger partial charge in [-0.05, 0) is 13.8 Å². The van der Waals surface area contributed by atoms with Crippen molar-refractivity contribution >= 4 is 40.1 Å². The number of carbonyl (C=O) groups excluding carboxylic acids is 1. The summed E-state index contributed by atoms with van der Waals surface area (Å²) in [5, 5.41) is 0.257. The Hall–Kier alpha value is -1.66. The van der Waals surface area contributed by atoms with Gasteiger partial charge in [0, 0.05) is 12.6 Å². The third-order valence-electron chi connectivity index (χ3n) is 3.79. The van der Waals surface area contributed by atoms with E-state index in [1.807, 2.05) is 0 Å². The molecule has 0 aliphatic heterocycles. The Kier molecular flexibility index (Phi) is 4.06. The molecular weight excluding hydrogens is 346 g/mol. The van der Waals surface area contributed by atoms with Crippen molar-refractivity contribution in [2.75, 3.05) is 6.61 Å². The summed E-state index contributed by atoms with van der Waals surface area (Å²) in [6, 6.07) is -0.485. The van der Waals surface area contributed by atoms with Gasteiger partial charge in [0.05, 0.1) is 29.2 Å². The van der Waals surface area contributed by atoms with Crippen molar-refractivity contribution in [1.29, 1.82) is 0 Å². The Bertz CT molecular complexity index is 881. The highest BCUT2D eigenvalue weighted by atomic mass is 35.5. The molecule has 0 unspecified atom stereocenters. The molecule has 0 amide bonds. The fraction of sp³-hybridized carbons (Fsp3) is 0.400. The second kappa shape index (κ2) is 5.76. The highest BCUT2D eigenvalue weighted by Gasteiger charge is 2.41. The molecule has 23 heavy (non-hydrogen) atoms. The SMILES string of the molecule is CCOC(=O)c1cn([C@@H]2C[C@@H]2F)c2c(Cl)c(Cl)nc(C)c2c1=O. The van der Waals surface area contributed by atoms with E-state index in [0.29, 0.717) is 11.2 Å². The van der Waals surface area contributed by atoms with Crippen LogP contribution in [0.3, 0.4) is 0 Å². The van der Waals surface area contributed by atoms with Crippen LogP contribution < -0.4 is 5.43 Å². The lowest BCUT2D eigenvalue weighted by atomic mass is 10.1. The molecule has 0 spiro atoms. The molecule has 0 bridgehead atoms. The van der Waals surface area contributed by atoms with Crippen LogP contribution in [0.5, 0.6) is 0 Å². The summed E-state index contributed by atoms with van der Waals surface area (Å²) < 4.78 is 20.0. The topological polar surface area (TPSA) is 61.2 Å². The Morgan fingerprint density at radius 3 is 2.74 bits per heavy atom. The van der Waals surface area contributed by atoms with Gasteiger partial charge in [0.1, 0.15) is 21.9 Å². The first-order valence-electron chi connectivity index (χ1n) is 7.08. The second-order valence-electron chi connectivity index (χ2n) is 5.34. The van der Waals surface area contributed by atoms with Crippen molar-refractivity contribution < 1.29 is 13.9 Å². The van der Waals surface area contributed by atoms with Crippen LogP contribution in [0.2, 0.25) is 10.2 Å². The number of carbonyl (C=O) groups is 1. The molecule has 1 saturated carbocycles. The molecule has 5 nitrogen and oxygen atoms in total. The van der Waals surface area contributed by atoms with Crippen molar-refractivity contribution in [2.24, 2.45) is 0 Å². The summed E-state index contributed by atoms with van der Waals surface area (Å²) >= 11 is 12.2. The maximum atomic E-state index is 13.6. The average Bonchev–Trinajstić information content (AvgIpc) is 3.21. The lowest BCUT2D eigenvalue weighted by Gasteiger charge is -2.15. The molecule has 2 atom stereocenters. The highest BCUT2D eigenvalue weighted by molar-refractivity contribution is 6.44. The number of aryl methyl sites for hydroxylation is 1. The lowest BCUT2D eigenvalue weighted by Crippen LogP contribution is -2.22. The van der Waals surface area contributed by atoms with Gasteiger partial charge in [-0.15, -0.1) is 0 Å². The van der Waals surface area contributed by atoms with Gasteiger partial charge in [-0.1, -0.05) is 23.2 Å². The molecular formula is C15H13Cl2FN2O3. The molecule has 2 aromatic rings. The summed E-state index contributed by atoms with van der Waals surface area (Å²) in [6.45, 7) is 3.36. The first kappa shape index (κ1) is 16.2. The summed E-state index contributed by atoms with van der Waals surface area (Å²) in [6.07, 6.45) is 0.531. The van der Waals surface area contributed by atoms with E-state index in [-0.39, 0.29) is 34.2 Å². The third-order valence-corrected chi connectivity index (χ3v) is 4.51. The fourth-order valence-electron chi connectivity index (χ4n) is 2.60. The normalized spacial score (nSPS) is 19.9. The van der Waals surface area contributed by atoms with Crippen LogP contribution in [0.25, 0.3) is 10.9 Å². The van der Waals surface area contributed by atoms with Crippen LogP contribution in [0.15, 0.2) is 11.0 Å². The quantitative estimate of drug-likeness (QED) is 0.622. The molecule has 1 aliphatic carbocycles. The maximum Gasteiger partial charge on any atom is 0.343 e. The number of pyridine rings is 2. The molecule has 1 fully saturated rings. The molecule has 2 heterocycles. The van der Waals surface area contributed by atoms with Crippen molar-refractivity contribution in [3.05, 3.63) is 37.9 Å². The summed E-state index contributed by atoms with van der Waals surface area (Å²) in [5.41, 5.74) is -0.0845. The second-order valence-corrected chi connectivity index (χ2v) is 6.08. The van der Waals surface area contributed by atoms with E-state index in [0.717, 1.165) is 0 Å². The summed E-state index contributed by atoms with van der Waals surface area (Å²) in [7, 11) is 0. The molecule has 0 saturated heterocycles. The minimum Gasteiger partial charge on any atom is -0.462 e. The van der Waals surface area contributed by atoms with Crippen molar-refractivity contribution in [3.8, 4) is 0 Å². The number of hydrogen-bond donors (Lipinski definition) is 0. The number of fused-ring (bicyclic) bond motifs is 1. The van der Waals surface area contributed by atoms with Gasteiger partial charge in [-0.2, -0.15) is 0 Å². The number of esters is 1. The van der Waals surface area contributed by atoms with Gasteiger partial charge < -0.3 is 9.30 Å². The Labute approximate surface area is 141 Å². The van der Waals surface area contributed by atoms with Crippen molar-refractivity contribution in [2.45, 2.75) is 32.5 Å². The Morgan fingerprint density at radius 1 is 1.52 bits per heavy atom. The van der Waals surface area contributed by atoms with Gasteiger partial charge in [0.2, 0.25) is 5.43 Å². The third kappa shape index (κ3) is 2.60. The van der Waals surface area contributed by atoms with Crippen LogP contribution in [-0.4, -0.2) is 28.3 Å². The zero-order chi connectivity index (χ0) is 16.9. The minimum atomic E-state index is -1.06. The molecule has 2 aromatic heterocycles. The smallest absolute Gasteiger partial charge is 0.343 e. The number of alkyl halides is 1. The van der Waals surface area contributed by atoms with Crippen LogP contribution in [0.1, 0.15) is 35.4 Å². The van der Waals surface area contributed by atoms with Crippen LogP contribution in [-0.2, 0) is 4.74 Å². The Morgan fingerprint density at radius 2 is 2.17 bits per heavy atom. The van der Waals surface area contributed by atoms with Gasteiger partial charge >= 0.3 is 5.97 Å². The summed E-state index contributed by atoms with van der Waals surface area (Å²) in [5.74, 6) is -0.755. The van der Waals surface area contributed by atoms with E-state index in [1.165, 1.54) is 10.8 Å². The number of halogens is 3. The average molecular weight is 359 g/mol. The van der Waals surface area contributed by atoms with Gasteiger partial charge in [-0.3, -0.25) is 4.79 Å². The van der Waals surface area contributed by atoms with E-state index < -0.39 is 23.6 Å². The molecule has 0 radical (unpaired) electrons. The van der Waals surface area contributed by atoms with Crippen LogP contribution in [0, 0.1) is 6.92 Å². The van der Waals surface area contributed by atoms with E-state index in [1.54, 1.807) is 13.8 Å². The van der Waals surface area contributed by atoms with Crippen molar-refractivity contribution in [3.63, 3.8) is 0 Å². The van der Waals surface area contributed by atoms with Crippen molar-refractivity contribution in [1.82, 2.24) is 9.55 Å². The van der Waals surface area contributed by atoms with Gasteiger partial charge in [0.15, 0.2) is 0 Å². The molecule has 8 heteroatoms. The number of rotatable bonds is 3. The Balaban J connectivity index is 2.40. The molecule has 3 rings (SSSR count). The van der Waals surface area contributed by atoms with Crippen LogP contribution in [0.4, 0.5) is 4.39 Å². The molecule has 1 aliphatic rings. The van der Waals surface area contributed by atoms with Crippen LogP contribution >= 0.6 is 23.2 Å². The lowest BCUT2D eigenvalue weighted by molar-refractivity contribution is 0.0524. The largest absolute Gasteiger partial charge is 0.462 e. The zero-order valence-electron chi connectivity index (χ0n) is 12.4. The maximum absolute atomic E-state index is 13.6. The predicted octanol–water partition coefficient (Wildman–Crippen LogP) is 3.47. The zero-order valence-corrected chi connectivity index (χ0v) is 13.9. The number of aromatic nitrogens is 2. The van der Waals surface area contributed by atoms with E-state index >= 15 is 0 Å². The molecule has 0 N–H and O–H groups in total. The predicted molar refractivity (Wildman–Crippen MR) is 85.3 cm³/mol. The monoisotopic (exact) mass is 358 g/mol. The fourth-order valence-corrected chi connectivity index (χ4v) is 3.05. The highest BCUT2D eigenvalue weighted by Crippen LogP contribution is 2.42. The summed E-state index contributed by atoms with van der Waals surface area (Å²) in [4.78, 5) is 28.7. The number of ether oxygens (including phenoxy) is 1. The molecule has 0 aromatic carbocycles. The number of nitrogens with zero attached hydrogens (tertiary/aromatic N) is 2.